The molecule has 0 aliphatic heterocycles. The Bertz CT molecular complexity index is 480. The number of nitrogens with two attached hydrogens (primary N) is 1. The highest BCUT2D eigenvalue weighted by molar-refractivity contribution is 5.46. The molecule has 0 saturated heterocycles. The van der Waals surface area contributed by atoms with Gasteiger partial charge in [0.15, 0.2) is 0 Å². The summed E-state index contributed by atoms with van der Waals surface area (Å²) in [4.78, 5) is 0. The highest BCUT2D eigenvalue weighted by Gasteiger charge is 2.63. The van der Waals surface area contributed by atoms with Crippen LogP contribution in [-0.4, -0.2) is 6.54 Å². The molecule has 0 bridgehead atoms. The fourth-order valence-corrected chi connectivity index (χ4v) is 5.47. The minimum Gasteiger partial charge on any atom is -0.330 e. The summed E-state index contributed by atoms with van der Waals surface area (Å²) in [6, 6.07) is 9.31. The lowest BCUT2D eigenvalue weighted by molar-refractivity contribution is 0.153. The van der Waals surface area contributed by atoms with Crippen LogP contribution in [0.5, 0.6) is 0 Å². The normalized spacial score (nSPS) is 29.6. The summed E-state index contributed by atoms with van der Waals surface area (Å²) in [5.41, 5.74) is 10.5. The van der Waals surface area contributed by atoms with Crippen molar-refractivity contribution in [2.24, 2.45) is 11.1 Å². The summed E-state index contributed by atoms with van der Waals surface area (Å²) in [6.45, 7) is 0.835. The molecule has 102 valence electrons. The molecule has 0 aromatic heterocycles. The maximum absolute atomic E-state index is 5.89. The molecule has 1 atom stereocenters. The van der Waals surface area contributed by atoms with E-state index in [1.54, 1.807) is 11.1 Å². The van der Waals surface area contributed by atoms with Gasteiger partial charge in [0.1, 0.15) is 0 Å². The molecular weight excluding hydrogens is 230 g/mol. The smallest absolute Gasteiger partial charge is 0.00131 e. The second-order valence-corrected chi connectivity index (χ2v) is 7.14. The van der Waals surface area contributed by atoms with Crippen molar-refractivity contribution in [3.05, 3.63) is 35.4 Å². The van der Waals surface area contributed by atoms with Crippen molar-refractivity contribution in [1.82, 2.24) is 0 Å². The summed E-state index contributed by atoms with van der Waals surface area (Å²) in [5, 5.41) is 0. The molecule has 0 amide bonds. The van der Waals surface area contributed by atoms with Crippen LogP contribution in [0.25, 0.3) is 0 Å². The quantitative estimate of drug-likeness (QED) is 0.845. The highest BCUT2D eigenvalue weighted by Crippen LogP contribution is 2.71. The van der Waals surface area contributed by atoms with Crippen LogP contribution in [-0.2, 0) is 5.41 Å². The molecule has 0 heterocycles. The number of fused-ring (bicyclic) bond motifs is 3. The van der Waals surface area contributed by atoms with Crippen LogP contribution in [0.3, 0.4) is 0 Å². The lowest BCUT2D eigenvalue weighted by Gasteiger charge is -2.47. The average Bonchev–Trinajstić information content (AvgIpc) is 3.12. The minimum absolute atomic E-state index is 0.575. The maximum Gasteiger partial charge on any atom is 0.00131 e. The van der Waals surface area contributed by atoms with Gasteiger partial charge in [-0.05, 0) is 67.5 Å². The van der Waals surface area contributed by atoms with Crippen molar-refractivity contribution in [2.75, 3.05) is 6.54 Å². The van der Waals surface area contributed by atoms with E-state index in [1.165, 1.54) is 51.4 Å². The zero-order chi connectivity index (χ0) is 12.9. The van der Waals surface area contributed by atoms with E-state index in [1.807, 2.05) is 0 Å². The van der Waals surface area contributed by atoms with Crippen LogP contribution in [0, 0.1) is 5.41 Å². The number of rotatable bonds is 2. The van der Waals surface area contributed by atoms with Crippen LogP contribution in [0.2, 0.25) is 0 Å². The van der Waals surface area contributed by atoms with Gasteiger partial charge in [-0.1, -0.05) is 37.1 Å². The van der Waals surface area contributed by atoms with Crippen LogP contribution >= 0.6 is 0 Å². The standard InChI is InChI=1S/C18H25N/c19-12-7-14-13-17(8-3-4-9-17)18(10-11-18)16-6-2-1-5-15(14)16/h1-2,5-6,14H,3-4,7-13,19H2/t14-/m0/s1. The molecular formula is C18H25N. The minimum atomic E-state index is 0.575. The first-order valence-electron chi connectivity index (χ1n) is 8.11. The molecule has 1 aromatic carbocycles. The summed E-state index contributed by atoms with van der Waals surface area (Å²) in [6.07, 6.45) is 11.3. The Morgan fingerprint density at radius 1 is 1.05 bits per heavy atom. The number of hydrogen-bond acceptors (Lipinski definition) is 1. The van der Waals surface area contributed by atoms with Crippen molar-refractivity contribution in [1.29, 1.82) is 0 Å². The molecule has 2 saturated carbocycles. The third-order valence-corrected chi connectivity index (χ3v) is 6.39. The van der Waals surface area contributed by atoms with Crippen molar-refractivity contribution in [3.63, 3.8) is 0 Å². The first-order valence-corrected chi connectivity index (χ1v) is 8.11. The molecule has 2 N–H and O–H groups in total. The summed E-state index contributed by atoms with van der Waals surface area (Å²) in [5.74, 6) is 0.727. The second-order valence-electron chi connectivity index (χ2n) is 7.14. The van der Waals surface area contributed by atoms with E-state index in [0.717, 1.165) is 12.5 Å². The van der Waals surface area contributed by atoms with E-state index < -0.39 is 0 Å². The Labute approximate surface area is 116 Å². The van der Waals surface area contributed by atoms with Gasteiger partial charge in [-0.25, -0.2) is 0 Å². The van der Waals surface area contributed by atoms with E-state index in [-0.39, 0.29) is 0 Å². The number of hydrogen-bond donors (Lipinski definition) is 1. The molecule has 3 aliphatic rings. The second kappa shape index (κ2) is 4.09. The van der Waals surface area contributed by atoms with Gasteiger partial charge in [0, 0.05) is 5.41 Å². The van der Waals surface area contributed by atoms with Crippen molar-refractivity contribution >= 4 is 0 Å². The van der Waals surface area contributed by atoms with Crippen LogP contribution < -0.4 is 5.73 Å². The molecule has 2 spiro atoms. The predicted octanol–water partition coefficient (Wildman–Crippen LogP) is 4.11. The van der Waals surface area contributed by atoms with Gasteiger partial charge in [0.2, 0.25) is 0 Å². The predicted molar refractivity (Wildman–Crippen MR) is 79.3 cm³/mol. The summed E-state index contributed by atoms with van der Waals surface area (Å²) >= 11 is 0. The van der Waals surface area contributed by atoms with Crippen molar-refractivity contribution in [3.8, 4) is 0 Å². The van der Waals surface area contributed by atoms with E-state index >= 15 is 0 Å². The Morgan fingerprint density at radius 2 is 1.79 bits per heavy atom. The average molecular weight is 255 g/mol. The highest BCUT2D eigenvalue weighted by atomic mass is 14.7. The Kier molecular flexibility index (Phi) is 2.57. The SMILES string of the molecule is NCC[C@H]1CC2(CCCC2)C2(CC2)c2ccccc21. The molecule has 1 nitrogen and oxygen atoms in total. The molecule has 19 heavy (non-hydrogen) atoms. The number of benzene rings is 1. The Morgan fingerprint density at radius 3 is 2.47 bits per heavy atom. The first-order chi connectivity index (χ1) is 9.31. The van der Waals surface area contributed by atoms with Crippen molar-refractivity contribution < 1.29 is 0 Å². The van der Waals surface area contributed by atoms with Gasteiger partial charge in [-0.2, -0.15) is 0 Å². The maximum atomic E-state index is 5.89. The fraction of sp³-hybridized carbons (Fsp3) is 0.667. The fourth-order valence-electron chi connectivity index (χ4n) is 5.47. The van der Waals surface area contributed by atoms with E-state index in [4.69, 9.17) is 5.73 Å². The molecule has 0 radical (unpaired) electrons. The van der Waals surface area contributed by atoms with Gasteiger partial charge in [-0.3, -0.25) is 0 Å². The van der Waals surface area contributed by atoms with Gasteiger partial charge in [0.25, 0.3) is 0 Å². The molecule has 2 fully saturated rings. The van der Waals surface area contributed by atoms with Crippen LogP contribution in [0.15, 0.2) is 24.3 Å². The van der Waals surface area contributed by atoms with E-state index in [0.29, 0.717) is 10.8 Å². The Balaban J connectivity index is 1.84. The molecule has 1 aromatic rings. The molecule has 4 rings (SSSR count). The van der Waals surface area contributed by atoms with Gasteiger partial charge in [-0.15, -0.1) is 0 Å². The molecule has 3 aliphatic carbocycles. The monoisotopic (exact) mass is 255 g/mol. The summed E-state index contributed by atoms with van der Waals surface area (Å²) in [7, 11) is 0. The zero-order valence-electron chi connectivity index (χ0n) is 11.8. The van der Waals surface area contributed by atoms with Crippen LogP contribution in [0.4, 0.5) is 0 Å². The molecule has 1 heteroatoms. The van der Waals surface area contributed by atoms with Gasteiger partial charge in [0.05, 0.1) is 0 Å². The van der Waals surface area contributed by atoms with Crippen LogP contribution in [0.1, 0.15) is 68.4 Å². The van der Waals surface area contributed by atoms with Crippen molar-refractivity contribution in [2.45, 2.75) is 62.7 Å². The van der Waals surface area contributed by atoms with Gasteiger partial charge < -0.3 is 5.73 Å². The first kappa shape index (κ1) is 12.0. The van der Waals surface area contributed by atoms with E-state index in [2.05, 4.69) is 24.3 Å². The lowest BCUT2D eigenvalue weighted by Crippen LogP contribution is -2.39. The zero-order valence-corrected chi connectivity index (χ0v) is 11.8. The lowest BCUT2D eigenvalue weighted by atomic mass is 9.57. The molecule has 0 unspecified atom stereocenters. The third-order valence-electron chi connectivity index (χ3n) is 6.39. The topological polar surface area (TPSA) is 26.0 Å². The largest absolute Gasteiger partial charge is 0.330 e. The Hall–Kier alpha value is -0.820. The van der Waals surface area contributed by atoms with Gasteiger partial charge >= 0.3 is 0 Å². The summed E-state index contributed by atoms with van der Waals surface area (Å²) < 4.78 is 0. The third kappa shape index (κ3) is 1.51. The van der Waals surface area contributed by atoms with E-state index in [9.17, 15) is 0 Å².